The van der Waals surface area contributed by atoms with Crippen molar-refractivity contribution in [2.24, 2.45) is 5.41 Å². The van der Waals surface area contributed by atoms with Crippen LogP contribution in [0.3, 0.4) is 0 Å². The van der Waals surface area contributed by atoms with Crippen LogP contribution in [0.5, 0.6) is 0 Å². The van der Waals surface area contributed by atoms with Gasteiger partial charge in [0.05, 0.1) is 13.2 Å². The van der Waals surface area contributed by atoms with E-state index in [9.17, 15) is 9.90 Å². The molecule has 5 heteroatoms. The highest BCUT2D eigenvalue weighted by Crippen LogP contribution is 2.44. The van der Waals surface area contributed by atoms with E-state index in [1.807, 2.05) is 0 Å². The number of ether oxygens (including phenoxy) is 1. The Hall–Kier alpha value is -1.36. The summed E-state index contributed by atoms with van der Waals surface area (Å²) in [6, 6.07) is 0. The van der Waals surface area contributed by atoms with E-state index in [0.29, 0.717) is 12.4 Å². The molecule has 0 radical (unpaired) electrons. The maximum Gasteiger partial charge on any atom is 0.360 e. The van der Waals surface area contributed by atoms with Crippen molar-refractivity contribution < 1.29 is 19.2 Å². The van der Waals surface area contributed by atoms with Crippen molar-refractivity contribution in [3.63, 3.8) is 0 Å². The first-order chi connectivity index (χ1) is 9.01. The maximum atomic E-state index is 11.8. The first kappa shape index (κ1) is 14.1. The van der Waals surface area contributed by atoms with Crippen LogP contribution in [-0.2, 0) is 11.2 Å². The smallest absolute Gasteiger partial charge is 0.360 e. The molecule has 0 fully saturated rings. The van der Waals surface area contributed by atoms with Gasteiger partial charge in [0.1, 0.15) is 5.76 Å². The highest BCUT2D eigenvalue weighted by molar-refractivity contribution is 5.89. The monoisotopic (exact) mass is 267 g/mol. The van der Waals surface area contributed by atoms with Gasteiger partial charge in [0.2, 0.25) is 0 Å². The summed E-state index contributed by atoms with van der Waals surface area (Å²) in [5.41, 5.74) is 1.02. The molecule has 0 aromatic carbocycles. The van der Waals surface area contributed by atoms with Crippen molar-refractivity contribution in [1.29, 1.82) is 0 Å². The minimum Gasteiger partial charge on any atom is -0.461 e. The van der Waals surface area contributed by atoms with Gasteiger partial charge in [0.15, 0.2) is 5.69 Å². The summed E-state index contributed by atoms with van der Waals surface area (Å²) in [5.74, 6) is 0.0811. The molecule has 106 valence electrons. The van der Waals surface area contributed by atoms with Crippen LogP contribution < -0.4 is 0 Å². The van der Waals surface area contributed by atoms with Crippen LogP contribution in [0.25, 0.3) is 0 Å². The molecule has 0 bridgehead atoms. The van der Waals surface area contributed by atoms with E-state index in [4.69, 9.17) is 9.26 Å². The molecule has 1 atom stereocenters. The van der Waals surface area contributed by atoms with Gasteiger partial charge in [-0.3, -0.25) is 0 Å². The third-order valence-electron chi connectivity index (χ3n) is 3.98. The molecule has 0 saturated carbocycles. The van der Waals surface area contributed by atoms with E-state index < -0.39 is 5.97 Å². The van der Waals surface area contributed by atoms with Crippen LogP contribution in [-0.4, -0.2) is 29.4 Å². The van der Waals surface area contributed by atoms with E-state index in [1.165, 1.54) is 0 Å². The summed E-state index contributed by atoms with van der Waals surface area (Å²) in [4.78, 5) is 11.8. The summed E-state index contributed by atoms with van der Waals surface area (Å²) in [6.45, 7) is 6.29. The molecule has 0 spiro atoms. The first-order valence-electron chi connectivity index (χ1n) is 6.77. The van der Waals surface area contributed by atoms with Crippen LogP contribution in [0.15, 0.2) is 4.52 Å². The second kappa shape index (κ2) is 5.33. The normalized spacial score (nSPS) is 21.6. The van der Waals surface area contributed by atoms with Gasteiger partial charge in [-0.1, -0.05) is 19.0 Å². The molecule has 1 aliphatic carbocycles. The number of carbonyl (C=O) groups excluding carboxylic acids is 1. The largest absolute Gasteiger partial charge is 0.461 e. The number of aliphatic hydroxyl groups excluding tert-OH is 1. The second-order valence-electron chi connectivity index (χ2n) is 5.67. The third kappa shape index (κ3) is 2.52. The molecule has 0 aliphatic heterocycles. The van der Waals surface area contributed by atoms with E-state index in [-0.39, 0.29) is 23.6 Å². The Labute approximate surface area is 112 Å². The average molecular weight is 267 g/mol. The van der Waals surface area contributed by atoms with Crippen LogP contribution in [0.2, 0.25) is 0 Å². The van der Waals surface area contributed by atoms with Crippen molar-refractivity contribution in [3.05, 3.63) is 17.0 Å². The quantitative estimate of drug-likeness (QED) is 0.672. The number of fused-ring (bicyclic) bond motifs is 1. The lowest BCUT2D eigenvalue weighted by molar-refractivity contribution is 0.0513. The Bertz CT molecular complexity index is 464. The van der Waals surface area contributed by atoms with E-state index in [0.717, 1.165) is 24.8 Å². The van der Waals surface area contributed by atoms with Crippen LogP contribution in [0.1, 0.15) is 61.3 Å². The zero-order chi connectivity index (χ0) is 14.0. The highest BCUT2D eigenvalue weighted by atomic mass is 16.5. The molecule has 1 aliphatic rings. The SMILES string of the molecule is CCOC(=O)c1noc2c1CCCC(C)(C)C2CO. The molecule has 0 amide bonds. The van der Waals surface area contributed by atoms with Crippen molar-refractivity contribution in [3.8, 4) is 0 Å². The van der Waals surface area contributed by atoms with Gasteiger partial charge in [0.25, 0.3) is 0 Å². The lowest BCUT2D eigenvalue weighted by atomic mass is 9.76. The highest BCUT2D eigenvalue weighted by Gasteiger charge is 2.39. The molecule has 0 saturated heterocycles. The van der Waals surface area contributed by atoms with Gasteiger partial charge in [-0.05, 0) is 31.6 Å². The number of nitrogens with zero attached hydrogens (tertiary/aromatic N) is 1. The molecular formula is C14H21NO4. The lowest BCUT2D eigenvalue weighted by Crippen LogP contribution is -2.24. The van der Waals surface area contributed by atoms with Crippen molar-refractivity contribution in [2.45, 2.75) is 46.0 Å². The van der Waals surface area contributed by atoms with Crippen molar-refractivity contribution in [1.82, 2.24) is 5.16 Å². The third-order valence-corrected chi connectivity index (χ3v) is 3.98. The summed E-state index contributed by atoms with van der Waals surface area (Å²) in [7, 11) is 0. The van der Waals surface area contributed by atoms with Gasteiger partial charge < -0.3 is 14.4 Å². The molecule has 1 heterocycles. The van der Waals surface area contributed by atoms with E-state index in [1.54, 1.807) is 6.92 Å². The zero-order valence-corrected chi connectivity index (χ0v) is 11.7. The molecule has 1 unspecified atom stereocenters. The van der Waals surface area contributed by atoms with Crippen LogP contribution in [0, 0.1) is 5.41 Å². The number of hydrogen-bond donors (Lipinski definition) is 1. The zero-order valence-electron chi connectivity index (χ0n) is 11.7. The Kier molecular flexibility index (Phi) is 3.94. The molecule has 2 rings (SSSR count). The van der Waals surface area contributed by atoms with E-state index in [2.05, 4.69) is 19.0 Å². The Morgan fingerprint density at radius 1 is 1.58 bits per heavy atom. The number of esters is 1. The standard InChI is InChI=1S/C14H21NO4/c1-4-18-13(17)11-9-6-5-7-14(2,3)10(8-16)12(9)19-15-11/h10,16H,4-8H2,1-3H3. The van der Waals surface area contributed by atoms with Gasteiger partial charge in [-0.2, -0.15) is 0 Å². The molecule has 5 nitrogen and oxygen atoms in total. The van der Waals surface area contributed by atoms with Crippen LogP contribution in [0.4, 0.5) is 0 Å². The second-order valence-corrected chi connectivity index (χ2v) is 5.67. The average Bonchev–Trinajstić information content (AvgIpc) is 2.68. The summed E-state index contributed by atoms with van der Waals surface area (Å²) in [5, 5.41) is 13.5. The minimum atomic E-state index is -0.441. The number of aliphatic hydroxyl groups is 1. The molecule has 19 heavy (non-hydrogen) atoms. The molecule has 1 aromatic rings. The summed E-state index contributed by atoms with van der Waals surface area (Å²) < 4.78 is 10.4. The summed E-state index contributed by atoms with van der Waals surface area (Å²) >= 11 is 0. The fraction of sp³-hybridized carbons (Fsp3) is 0.714. The summed E-state index contributed by atoms with van der Waals surface area (Å²) in [6.07, 6.45) is 2.67. The van der Waals surface area contributed by atoms with Gasteiger partial charge >= 0.3 is 5.97 Å². The number of aromatic nitrogens is 1. The predicted molar refractivity (Wildman–Crippen MR) is 69.0 cm³/mol. The van der Waals surface area contributed by atoms with Gasteiger partial charge in [-0.15, -0.1) is 0 Å². The van der Waals surface area contributed by atoms with Gasteiger partial charge in [0, 0.05) is 11.5 Å². The number of rotatable bonds is 3. The van der Waals surface area contributed by atoms with Gasteiger partial charge in [-0.25, -0.2) is 4.79 Å². The topological polar surface area (TPSA) is 72.6 Å². The van der Waals surface area contributed by atoms with Crippen molar-refractivity contribution >= 4 is 5.97 Å². The number of carbonyl (C=O) groups is 1. The Morgan fingerprint density at radius 3 is 2.95 bits per heavy atom. The minimum absolute atomic E-state index is 0.00252. The van der Waals surface area contributed by atoms with Crippen molar-refractivity contribution in [2.75, 3.05) is 13.2 Å². The molecule has 1 aromatic heterocycles. The molecule has 1 N–H and O–H groups in total. The van der Waals surface area contributed by atoms with Crippen LogP contribution >= 0.6 is 0 Å². The fourth-order valence-electron chi connectivity index (χ4n) is 2.78. The predicted octanol–water partition coefficient (Wildman–Crippen LogP) is 2.29. The molecular weight excluding hydrogens is 246 g/mol. The Morgan fingerprint density at radius 2 is 2.32 bits per heavy atom. The lowest BCUT2D eigenvalue weighted by Gasteiger charge is -2.29. The first-order valence-corrected chi connectivity index (χ1v) is 6.77. The van der Waals surface area contributed by atoms with E-state index >= 15 is 0 Å². The fourth-order valence-corrected chi connectivity index (χ4v) is 2.78. The number of hydrogen-bond acceptors (Lipinski definition) is 5. The Balaban J connectivity index is 2.41. The maximum absolute atomic E-state index is 11.8.